The molecule has 0 saturated carbocycles. The summed E-state index contributed by atoms with van der Waals surface area (Å²) in [5, 5.41) is 0. The number of epoxide rings is 1. The third kappa shape index (κ3) is 2.92. The highest BCUT2D eigenvalue weighted by Gasteiger charge is 2.51. The summed E-state index contributed by atoms with van der Waals surface area (Å²) in [4.78, 5) is 14.0. The van der Waals surface area contributed by atoms with Crippen molar-refractivity contribution in [2.24, 2.45) is 0 Å². The number of carbonyl (C=O) groups is 1. The lowest BCUT2D eigenvalue weighted by molar-refractivity contribution is -0.00134. The highest BCUT2D eigenvalue weighted by molar-refractivity contribution is 5.69. The van der Waals surface area contributed by atoms with E-state index in [1.807, 2.05) is 25.7 Å². The summed E-state index contributed by atoms with van der Waals surface area (Å²) in [5.74, 6) is 0. The predicted molar refractivity (Wildman–Crippen MR) is 64.9 cm³/mol. The number of ether oxygens (including phenoxy) is 2. The van der Waals surface area contributed by atoms with Gasteiger partial charge in [-0.3, -0.25) is 0 Å². The molecule has 2 aliphatic heterocycles. The Bertz CT molecular complexity index is 304. The molecule has 0 unspecified atom stereocenters. The highest BCUT2D eigenvalue weighted by atomic mass is 16.6. The van der Waals surface area contributed by atoms with Gasteiger partial charge in [0.05, 0.1) is 12.6 Å². The van der Waals surface area contributed by atoms with Crippen molar-refractivity contribution >= 4 is 6.09 Å². The minimum absolute atomic E-state index is 0.128. The van der Waals surface area contributed by atoms with E-state index in [1.165, 1.54) is 6.42 Å². The fourth-order valence-electron chi connectivity index (χ4n) is 2.41. The number of amides is 1. The molecule has 0 aromatic carbocycles. The molecule has 0 aromatic heterocycles. The van der Waals surface area contributed by atoms with Crippen LogP contribution in [0.25, 0.3) is 0 Å². The molecular weight excluding hydrogens is 218 g/mol. The largest absolute Gasteiger partial charge is 0.444 e. The molecule has 2 saturated heterocycles. The van der Waals surface area contributed by atoms with Crippen LogP contribution in [0, 0.1) is 0 Å². The van der Waals surface area contributed by atoms with Crippen LogP contribution < -0.4 is 0 Å². The van der Waals surface area contributed by atoms with Crippen molar-refractivity contribution in [1.82, 2.24) is 4.90 Å². The van der Waals surface area contributed by atoms with Gasteiger partial charge in [0.25, 0.3) is 0 Å². The van der Waals surface area contributed by atoms with Crippen molar-refractivity contribution in [2.75, 3.05) is 13.2 Å². The molecule has 0 aliphatic carbocycles. The fourth-order valence-corrected chi connectivity index (χ4v) is 2.41. The molecule has 2 fully saturated rings. The lowest BCUT2D eigenvalue weighted by Crippen LogP contribution is -2.52. The average Bonchev–Trinajstić information content (AvgIpc) is 2.95. The molecule has 0 aromatic rings. The lowest BCUT2D eigenvalue weighted by Gasteiger charge is -2.38. The molecule has 2 rings (SSSR count). The number of likely N-dealkylation sites (tertiary alicyclic amines) is 1. The van der Waals surface area contributed by atoms with Crippen molar-refractivity contribution in [1.29, 1.82) is 0 Å². The molecule has 2 atom stereocenters. The standard InChI is InChI=1S/C13H23NO3/c1-12(2,3)17-11(15)14-8-6-5-7-10(14)13(4)9-16-13/h10H,5-9H2,1-4H3/t10-,13+/m0/s1. The molecule has 2 aliphatic rings. The van der Waals surface area contributed by atoms with E-state index >= 15 is 0 Å². The van der Waals surface area contributed by atoms with Gasteiger partial charge in [0, 0.05) is 6.54 Å². The van der Waals surface area contributed by atoms with E-state index in [0.717, 1.165) is 26.0 Å². The van der Waals surface area contributed by atoms with Crippen LogP contribution in [0.2, 0.25) is 0 Å². The van der Waals surface area contributed by atoms with Gasteiger partial charge in [-0.15, -0.1) is 0 Å². The second kappa shape index (κ2) is 4.16. The van der Waals surface area contributed by atoms with Gasteiger partial charge in [-0.2, -0.15) is 0 Å². The van der Waals surface area contributed by atoms with Crippen molar-refractivity contribution < 1.29 is 14.3 Å². The normalized spacial score (nSPS) is 33.4. The summed E-state index contributed by atoms with van der Waals surface area (Å²) in [7, 11) is 0. The van der Waals surface area contributed by atoms with E-state index in [1.54, 1.807) is 0 Å². The first-order valence-electron chi connectivity index (χ1n) is 6.45. The highest BCUT2D eigenvalue weighted by Crippen LogP contribution is 2.38. The summed E-state index contributed by atoms with van der Waals surface area (Å²) in [6, 6.07) is 0.186. The maximum atomic E-state index is 12.1. The van der Waals surface area contributed by atoms with E-state index in [0.29, 0.717) is 0 Å². The molecule has 4 nitrogen and oxygen atoms in total. The van der Waals surface area contributed by atoms with Crippen LogP contribution in [0.1, 0.15) is 47.0 Å². The average molecular weight is 241 g/mol. The maximum Gasteiger partial charge on any atom is 0.410 e. The minimum atomic E-state index is -0.426. The Morgan fingerprint density at radius 2 is 2.06 bits per heavy atom. The topological polar surface area (TPSA) is 42.1 Å². The van der Waals surface area contributed by atoms with Crippen LogP contribution in [0.3, 0.4) is 0 Å². The van der Waals surface area contributed by atoms with Gasteiger partial charge in [0.2, 0.25) is 0 Å². The summed E-state index contributed by atoms with van der Waals surface area (Å²) < 4.78 is 11.0. The minimum Gasteiger partial charge on any atom is -0.444 e. The molecule has 98 valence electrons. The van der Waals surface area contributed by atoms with Crippen molar-refractivity contribution in [2.45, 2.75) is 64.2 Å². The third-order valence-electron chi connectivity index (χ3n) is 3.44. The molecule has 0 spiro atoms. The van der Waals surface area contributed by atoms with Crippen LogP contribution in [-0.2, 0) is 9.47 Å². The zero-order chi connectivity index (χ0) is 12.7. The van der Waals surface area contributed by atoms with Gasteiger partial charge in [-0.05, 0) is 47.0 Å². The summed E-state index contributed by atoms with van der Waals surface area (Å²) in [6.07, 6.45) is 3.06. The molecule has 0 bridgehead atoms. The number of nitrogens with zero attached hydrogens (tertiary/aromatic N) is 1. The van der Waals surface area contributed by atoms with Crippen LogP contribution >= 0.6 is 0 Å². The Kier molecular flexibility index (Phi) is 3.10. The van der Waals surface area contributed by atoms with Crippen LogP contribution in [-0.4, -0.2) is 41.4 Å². The first-order valence-corrected chi connectivity index (χ1v) is 6.45. The van der Waals surface area contributed by atoms with Crippen molar-refractivity contribution in [3.63, 3.8) is 0 Å². The SMILES string of the molecule is CC(C)(C)OC(=O)N1CCCC[C@H]1[C@@]1(C)CO1. The molecule has 17 heavy (non-hydrogen) atoms. The van der Waals surface area contributed by atoms with Crippen molar-refractivity contribution in [3.05, 3.63) is 0 Å². The maximum absolute atomic E-state index is 12.1. The molecule has 2 heterocycles. The molecule has 4 heteroatoms. The summed E-state index contributed by atoms with van der Waals surface area (Å²) >= 11 is 0. The van der Waals surface area contributed by atoms with Crippen LogP contribution in [0.15, 0.2) is 0 Å². The van der Waals surface area contributed by atoms with Crippen LogP contribution in [0.5, 0.6) is 0 Å². The number of hydrogen-bond acceptors (Lipinski definition) is 3. The van der Waals surface area contributed by atoms with Gasteiger partial charge in [0.15, 0.2) is 0 Å². The zero-order valence-corrected chi connectivity index (χ0v) is 11.3. The van der Waals surface area contributed by atoms with E-state index in [-0.39, 0.29) is 17.7 Å². The first kappa shape index (κ1) is 12.7. The van der Waals surface area contributed by atoms with Gasteiger partial charge in [0.1, 0.15) is 11.2 Å². The zero-order valence-electron chi connectivity index (χ0n) is 11.3. The Balaban J connectivity index is 2.03. The predicted octanol–water partition coefficient (Wildman–Crippen LogP) is 2.56. The van der Waals surface area contributed by atoms with E-state index in [2.05, 4.69) is 6.92 Å². The lowest BCUT2D eigenvalue weighted by atomic mass is 9.92. The number of piperidine rings is 1. The quantitative estimate of drug-likeness (QED) is 0.663. The Labute approximate surface area is 103 Å². The van der Waals surface area contributed by atoms with Gasteiger partial charge >= 0.3 is 6.09 Å². The number of rotatable bonds is 1. The van der Waals surface area contributed by atoms with Gasteiger partial charge in [-0.25, -0.2) is 4.79 Å². The molecular formula is C13H23NO3. The fraction of sp³-hybridized carbons (Fsp3) is 0.923. The second-order valence-corrected chi connectivity index (χ2v) is 6.29. The second-order valence-electron chi connectivity index (χ2n) is 6.29. The van der Waals surface area contributed by atoms with Crippen molar-refractivity contribution in [3.8, 4) is 0 Å². The Hall–Kier alpha value is -0.770. The van der Waals surface area contributed by atoms with Gasteiger partial charge < -0.3 is 14.4 Å². The summed E-state index contributed by atoms with van der Waals surface area (Å²) in [5.41, 5.74) is -0.554. The Morgan fingerprint density at radius 3 is 2.59 bits per heavy atom. The monoisotopic (exact) mass is 241 g/mol. The summed E-state index contributed by atoms with van der Waals surface area (Å²) in [6.45, 7) is 9.34. The van der Waals surface area contributed by atoms with E-state index < -0.39 is 5.60 Å². The Morgan fingerprint density at radius 1 is 1.41 bits per heavy atom. The third-order valence-corrected chi connectivity index (χ3v) is 3.44. The molecule has 1 amide bonds. The van der Waals surface area contributed by atoms with Gasteiger partial charge in [-0.1, -0.05) is 0 Å². The first-order chi connectivity index (χ1) is 7.82. The molecule has 0 N–H and O–H groups in total. The van der Waals surface area contributed by atoms with E-state index in [9.17, 15) is 4.79 Å². The number of carbonyl (C=O) groups excluding carboxylic acids is 1. The van der Waals surface area contributed by atoms with E-state index in [4.69, 9.17) is 9.47 Å². The smallest absolute Gasteiger partial charge is 0.410 e. The number of hydrogen-bond donors (Lipinski definition) is 0. The molecule has 0 radical (unpaired) electrons. The van der Waals surface area contributed by atoms with Crippen LogP contribution in [0.4, 0.5) is 4.79 Å².